The van der Waals surface area contributed by atoms with Crippen molar-refractivity contribution < 1.29 is 9.53 Å². The van der Waals surface area contributed by atoms with E-state index in [1.54, 1.807) is 7.05 Å². The Labute approximate surface area is 108 Å². The molecule has 0 heterocycles. The molecule has 0 saturated heterocycles. The van der Waals surface area contributed by atoms with Crippen LogP contribution in [-0.2, 0) is 11.2 Å². The lowest BCUT2D eigenvalue weighted by molar-refractivity contribution is -0.121. The largest absolute Gasteiger partial charge is 0.493 e. The Bertz CT molecular complexity index is 432. The number of hydrogen-bond acceptors (Lipinski definition) is 3. The number of nitrogens with one attached hydrogen (secondary N) is 2. The number of ether oxygens (including phenoxy) is 1. The molecule has 0 spiro atoms. The highest BCUT2D eigenvalue weighted by Gasteiger charge is 2.23. The fraction of sp³-hybridized carbons (Fsp3) is 0.500. The van der Waals surface area contributed by atoms with Crippen molar-refractivity contribution in [2.75, 3.05) is 20.7 Å². The molecule has 18 heavy (non-hydrogen) atoms. The van der Waals surface area contributed by atoms with Gasteiger partial charge in [-0.2, -0.15) is 0 Å². The van der Waals surface area contributed by atoms with Crippen LogP contribution in [0.4, 0.5) is 0 Å². The van der Waals surface area contributed by atoms with Gasteiger partial charge in [-0.1, -0.05) is 12.1 Å². The second-order valence-corrected chi connectivity index (χ2v) is 4.48. The van der Waals surface area contributed by atoms with Crippen molar-refractivity contribution in [1.29, 1.82) is 0 Å². The Morgan fingerprint density at radius 3 is 3.00 bits per heavy atom. The molecule has 1 aromatic rings. The lowest BCUT2D eigenvalue weighted by atomic mass is 10.1. The van der Waals surface area contributed by atoms with E-state index in [0.29, 0.717) is 19.1 Å². The smallest absolute Gasteiger partial charge is 0.223 e. The van der Waals surface area contributed by atoms with E-state index in [-0.39, 0.29) is 5.91 Å². The average molecular weight is 248 g/mol. The Kier molecular flexibility index (Phi) is 4.20. The van der Waals surface area contributed by atoms with E-state index in [1.165, 1.54) is 11.1 Å². The third-order valence-corrected chi connectivity index (χ3v) is 3.44. The van der Waals surface area contributed by atoms with Crippen molar-refractivity contribution in [3.05, 3.63) is 29.3 Å². The molecular weight excluding hydrogens is 228 g/mol. The number of carbonyl (C=O) groups excluding carboxylic acids is 1. The predicted molar refractivity (Wildman–Crippen MR) is 70.7 cm³/mol. The predicted octanol–water partition coefficient (Wildman–Crippen LogP) is 1.41. The zero-order valence-corrected chi connectivity index (χ0v) is 11.0. The van der Waals surface area contributed by atoms with Crippen molar-refractivity contribution in [2.45, 2.75) is 25.3 Å². The van der Waals surface area contributed by atoms with Crippen molar-refractivity contribution in [3.8, 4) is 5.75 Å². The fourth-order valence-electron chi connectivity index (χ4n) is 2.43. The van der Waals surface area contributed by atoms with Gasteiger partial charge in [-0.3, -0.25) is 4.79 Å². The summed E-state index contributed by atoms with van der Waals surface area (Å²) >= 11 is 0. The molecule has 0 aliphatic heterocycles. The Hall–Kier alpha value is -1.55. The van der Waals surface area contributed by atoms with Crippen LogP contribution in [-0.4, -0.2) is 26.6 Å². The third-order valence-electron chi connectivity index (χ3n) is 3.44. The van der Waals surface area contributed by atoms with Crippen LogP contribution in [0.25, 0.3) is 0 Å². The van der Waals surface area contributed by atoms with Crippen LogP contribution in [0, 0.1) is 0 Å². The molecule has 1 atom stereocenters. The van der Waals surface area contributed by atoms with Crippen LogP contribution in [0.5, 0.6) is 5.75 Å². The normalized spacial score (nSPS) is 17.3. The van der Waals surface area contributed by atoms with E-state index in [4.69, 9.17) is 4.74 Å². The molecule has 1 aromatic carbocycles. The Balaban J connectivity index is 2.02. The maximum absolute atomic E-state index is 11.1. The minimum Gasteiger partial charge on any atom is -0.493 e. The lowest BCUT2D eigenvalue weighted by Crippen LogP contribution is -2.20. The van der Waals surface area contributed by atoms with Gasteiger partial charge in [0.25, 0.3) is 0 Å². The summed E-state index contributed by atoms with van der Waals surface area (Å²) in [5.74, 6) is 0.935. The molecule has 1 aliphatic carbocycles. The molecule has 4 nitrogen and oxygen atoms in total. The summed E-state index contributed by atoms with van der Waals surface area (Å²) in [7, 11) is 3.62. The molecule has 0 saturated carbocycles. The molecule has 2 N–H and O–H groups in total. The van der Waals surface area contributed by atoms with Gasteiger partial charge in [-0.05, 0) is 37.1 Å². The number of fused-ring (bicyclic) bond motifs is 1. The van der Waals surface area contributed by atoms with Gasteiger partial charge in [0.2, 0.25) is 5.91 Å². The van der Waals surface area contributed by atoms with E-state index in [1.807, 2.05) is 19.2 Å². The van der Waals surface area contributed by atoms with Crippen molar-refractivity contribution >= 4 is 5.91 Å². The number of amides is 1. The molecule has 0 bridgehead atoms. The highest BCUT2D eigenvalue weighted by molar-refractivity contribution is 5.75. The highest BCUT2D eigenvalue weighted by atomic mass is 16.5. The van der Waals surface area contributed by atoms with Gasteiger partial charge in [-0.15, -0.1) is 0 Å². The minimum absolute atomic E-state index is 0.00989. The summed E-state index contributed by atoms with van der Waals surface area (Å²) in [4.78, 5) is 11.1. The van der Waals surface area contributed by atoms with Crippen LogP contribution in [0.3, 0.4) is 0 Å². The van der Waals surface area contributed by atoms with Gasteiger partial charge in [0, 0.05) is 13.1 Å². The molecule has 2 rings (SSSR count). The van der Waals surface area contributed by atoms with Gasteiger partial charge in [0.15, 0.2) is 0 Å². The maximum Gasteiger partial charge on any atom is 0.223 e. The minimum atomic E-state index is 0.00989. The zero-order valence-electron chi connectivity index (χ0n) is 11.0. The standard InChI is InChI=1S/C14H20N2O2/c1-15-12-7-6-11-10(12)4-3-5-13(11)18-9-8-14(17)16-2/h3-5,12,15H,6-9H2,1-2H3,(H,16,17). The first kappa shape index (κ1) is 12.9. The van der Waals surface area contributed by atoms with Crippen LogP contribution in [0.2, 0.25) is 0 Å². The number of carbonyl (C=O) groups is 1. The number of benzene rings is 1. The van der Waals surface area contributed by atoms with E-state index in [0.717, 1.165) is 18.6 Å². The molecule has 0 radical (unpaired) electrons. The lowest BCUT2D eigenvalue weighted by Gasteiger charge is -2.12. The van der Waals surface area contributed by atoms with Crippen LogP contribution < -0.4 is 15.4 Å². The second kappa shape index (κ2) is 5.87. The second-order valence-electron chi connectivity index (χ2n) is 4.48. The molecule has 1 amide bonds. The molecule has 1 aliphatic rings. The van der Waals surface area contributed by atoms with Gasteiger partial charge >= 0.3 is 0 Å². The van der Waals surface area contributed by atoms with Gasteiger partial charge < -0.3 is 15.4 Å². The van der Waals surface area contributed by atoms with Crippen molar-refractivity contribution in [1.82, 2.24) is 10.6 Å². The van der Waals surface area contributed by atoms with E-state index in [2.05, 4.69) is 16.7 Å². The summed E-state index contributed by atoms with van der Waals surface area (Å²) in [6, 6.07) is 6.59. The molecular formula is C14H20N2O2. The quantitative estimate of drug-likeness (QED) is 0.828. The summed E-state index contributed by atoms with van der Waals surface area (Å²) in [5.41, 5.74) is 2.61. The van der Waals surface area contributed by atoms with Crippen molar-refractivity contribution in [2.24, 2.45) is 0 Å². The summed E-state index contributed by atoms with van der Waals surface area (Å²) in [6.07, 6.45) is 2.55. The van der Waals surface area contributed by atoms with Crippen molar-refractivity contribution in [3.63, 3.8) is 0 Å². The van der Waals surface area contributed by atoms with E-state index in [9.17, 15) is 4.79 Å². The van der Waals surface area contributed by atoms with Crippen LogP contribution in [0.1, 0.15) is 30.0 Å². The van der Waals surface area contributed by atoms with Gasteiger partial charge in [0.1, 0.15) is 5.75 Å². The SMILES string of the molecule is CNC(=O)CCOc1cccc2c1CCC2NC. The Morgan fingerprint density at radius 2 is 2.28 bits per heavy atom. The number of rotatable bonds is 5. The summed E-state index contributed by atoms with van der Waals surface area (Å²) < 4.78 is 5.73. The van der Waals surface area contributed by atoms with Crippen LogP contribution in [0.15, 0.2) is 18.2 Å². The van der Waals surface area contributed by atoms with Crippen LogP contribution >= 0.6 is 0 Å². The van der Waals surface area contributed by atoms with E-state index >= 15 is 0 Å². The Morgan fingerprint density at radius 1 is 1.44 bits per heavy atom. The first-order valence-electron chi connectivity index (χ1n) is 6.38. The van der Waals surface area contributed by atoms with Gasteiger partial charge in [0.05, 0.1) is 13.0 Å². The molecule has 98 valence electrons. The maximum atomic E-state index is 11.1. The topological polar surface area (TPSA) is 50.4 Å². The van der Waals surface area contributed by atoms with Gasteiger partial charge in [-0.25, -0.2) is 0 Å². The fourth-order valence-corrected chi connectivity index (χ4v) is 2.43. The molecule has 4 heteroatoms. The molecule has 0 aromatic heterocycles. The highest BCUT2D eigenvalue weighted by Crippen LogP contribution is 2.36. The number of hydrogen-bond donors (Lipinski definition) is 2. The summed E-state index contributed by atoms with van der Waals surface area (Å²) in [5, 5.41) is 5.90. The monoisotopic (exact) mass is 248 g/mol. The molecule has 1 unspecified atom stereocenters. The average Bonchev–Trinajstić information content (AvgIpc) is 2.82. The first-order valence-corrected chi connectivity index (χ1v) is 6.38. The summed E-state index contributed by atoms with van der Waals surface area (Å²) in [6.45, 7) is 0.431. The molecule has 0 fully saturated rings. The van der Waals surface area contributed by atoms with E-state index < -0.39 is 0 Å². The zero-order chi connectivity index (χ0) is 13.0. The first-order chi connectivity index (χ1) is 8.76. The third kappa shape index (κ3) is 2.64.